The van der Waals surface area contributed by atoms with Crippen LogP contribution >= 0.6 is 0 Å². The summed E-state index contributed by atoms with van der Waals surface area (Å²) in [6, 6.07) is 9.09. The van der Waals surface area contributed by atoms with Crippen LogP contribution in [0.25, 0.3) is 0 Å². The topological polar surface area (TPSA) is 9.23 Å². The summed E-state index contributed by atoms with van der Waals surface area (Å²) in [5.74, 6) is 0.974. The van der Waals surface area contributed by atoms with E-state index in [-0.39, 0.29) is 0 Å². The van der Waals surface area contributed by atoms with Gasteiger partial charge < -0.3 is 4.74 Å². The van der Waals surface area contributed by atoms with Crippen LogP contribution in [0.2, 0.25) is 22.2 Å². The summed E-state index contributed by atoms with van der Waals surface area (Å²) in [5, 5.41) is 1.65. The third-order valence-corrected chi connectivity index (χ3v) is 24.1. The lowest BCUT2D eigenvalue weighted by atomic mass is 10.3. The fourth-order valence-electron chi connectivity index (χ4n) is 4.66. The molecule has 1 aromatic rings. The lowest BCUT2D eigenvalue weighted by Gasteiger charge is -2.49. The fourth-order valence-corrected chi connectivity index (χ4v) is 24.2. The zero-order chi connectivity index (χ0) is 17.1. The van der Waals surface area contributed by atoms with Gasteiger partial charge in [0.05, 0.1) is 23.0 Å². The van der Waals surface area contributed by atoms with Gasteiger partial charge in [0.2, 0.25) is 0 Å². The lowest BCUT2D eigenvalue weighted by molar-refractivity contribution is 0.415. The van der Waals surface area contributed by atoms with Crippen LogP contribution in [0, 0.1) is 0 Å². The van der Waals surface area contributed by atoms with Crippen molar-refractivity contribution in [2.45, 2.75) is 77.6 Å². The minimum Gasteiger partial charge on any atom is -0.497 e. The van der Waals surface area contributed by atoms with Gasteiger partial charge in [0, 0.05) is 0 Å². The highest BCUT2D eigenvalue weighted by atomic mass is 29.2. The Labute approximate surface area is 140 Å². The molecule has 0 spiro atoms. The molecule has 0 aliphatic carbocycles. The number of rotatable bonds is 7. The van der Waals surface area contributed by atoms with Crippen molar-refractivity contribution in [1.29, 1.82) is 0 Å². The first-order valence-corrected chi connectivity index (χ1v) is 13.5. The lowest BCUT2D eigenvalue weighted by Crippen LogP contribution is -2.66. The van der Waals surface area contributed by atoms with E-state index in [1.54, 1.807) is 12.3 Å². The summed E-state index contributed by atoms with van der Waals surface area (Å²) in [5.41, 5.74) is 3.20. The van der Waals surface area contributed by atoms with Gasteiger partial charge in [-0.25, -0.2) is 0 Å². The summed E-state index contributed by atoms with van der Waals surface area (Å²) >= 11 is 0. The largest absolute Gasteiger partial charge is 0.497 e. The van der Waals surface area contributed by atoms with Crippen molar-refractivity contribution in [2.75, 3.05) is 7.11 Å². The zero-order valence-corrected chi connectivity index (χ0v) is 18.0. The molecule has 0 atom stereocenters. The van der Waals surface area contributed by atoms with E-state index in [0.717, 1.165) is 27.9 Å². The van der Waals surface area contributed by atoms with Crippen LogP contribution in [0.4, 0.5) is 0 Å². The van der Waals surface area contributed by atoms with Gasteiger partial charge in [-0.05, 0) is 23.2 Å². The third-order valence-electron chi connectivity index (χ3n) is 5.11. The molecular formula is C19H35OSi2. The maximum Gasteiger partial charge on any atom is 0.118 e. The van der Waals surface area contributed by atoms with Gasteiger partial charge in [0.1, 0.15) is 5.75 Å². The monoisotopic (exact) mass is 335 g/mol. The molecule has 0 fully saturated rings. The predicted molar refractivity (Wildman–Crippen MR) is 105 cm³/mol. The molecule has 1 aromatic carbocycles. The highest BCUT2D eigenvalue weighted by Gasteiger charge is 2.50. The first-order chi connectivity index (χ1) is 10.2. The Morgan fingerprint density at radius 2 is 1.18 bits per heavy atom. The maximum absolute atomic E-state index is 5.38. The highest BCUT2D eigenvalue weighted by Crippen LogP contribution is 2.42. The Morgan fingerprint density at radius 3 is 1.45 bits per heavy atom. The van der Waals surface area contributed by atoms with E-state index in [9.17, 15) is 0 Å². The van der Waals surface area contributed by atoms with Crippen LogP contribution in [0.1, 0.15) is 55.4 Å². The summed E-state index contributed by atoms with van der Waals surface area (Å²) in [4.78, 5) is 0. The molecule has 0 amide bonds. The second-order valence-electron chi connectivity index (χ2n) is 7.67. The average molecular weight is 336 g/mol. The molecule has 1 radical (unpaired) electrons. The van der Waals surface area contributed by atoms with E-state index in [4.69, 9.17) is 4.74 Å². The van der Waals surface area contributed by atoms with E-state index in [2.05, 4.69) is 79.7 Å². The molecular weight excluding hydrogens is 300 g/mol. The summed E-state index contributed by atoms with van der Waals surface area (Å²) in [6.07, 6.45) is 0. The number of hydrogen-bond donors (Lipinski definition) is 0. The Morgan fingerprint density at radius 1 is 0.773 bits per heavy atom. The SMILES string of the molecule is COc1ccc([Si](C(C)C)(C(C)C)[Si](C(C)C)C(C)C)cc1. The van der Waals surface area contributed by atoms with Gasteiger partial charge in [-0.1, -0.05) is 83.8 Å². The minimum atomic E-state index is -1.57. The number of hydrogen-bond acceptors (Lipinski definition) is 1. The first kappa shape index (κ1) is 19.5. The van der Waals surface area contributed by atoms with Gasteiger partial charge in [-0.2, -0.15) is 0 Å². The molecule has 0 aromatic heterocycles. The Balaban J connectivity index is 3.56. The normalized spacial score (nSPS) is 13.0. The Bertz CT molecular complexity index is 433. The quantitative estimate of drug-likeness (QED) is 0.592. The molecule has 22 heavy (non-hydrogen) atoms. The van der Waals surface area contributed by atoms with Crippen molar-refractivity contribution < 1.29 is 4.74 Å². The molecule has 125 valence electrons. The van der Waals surface area contributed by atoms with E-state index in [1.807, 2.05) is 0 Å². The van der Waals surface area contributed by atoms with Crippen LogP contribution in [-0.4, -0.2) is 23.0 Å². The molecule has 0 unspecified atom stereocenters. The van der Waals surface area contributed by atoms with Crippen molar-refractivity contribution in [3.63, 3.8) is 0 Å². The van der Waals surface area contributed by atoms with Crippen molar-refractivity contribution >= 4 is 21.1 Å². The van der Waals surface area contributed by atoms with Gasteiger partial charge >= 0.3 is 0 Å². The zero-order valence-electron chi connectivity index (χ0n) is 16.0. The molecule has 0 aliphatic heterocycles. The molecule has 0 saturated carbocycles. The first-order valence-electron chi connectivity index (χ1n) is 8.71. The second-order valence-corrected chi connectivity index (χ2v) is 19.7. The molecule has 3 heteroatoms. The second kappa shape index (κ2) is 7.82. The standard InChI is InChI=1S/C19H35OSi2/c1-14(2)21(15(3)4)22(16(5)6,17(7)8)19-12-10-18(20-9)11-13-19/h10-17H,1-9H3. The highest BCUT2D eigenvalue weighted by molar-refractivity contribution is 7.40. The fraction of sp³-hybridized carbons (Fsp3) is 0.684. The van der Waals surface area contributed by atoms with E-state index in [0.29, 0.717) is 0 Å². The van der Waals surface area contributed by atoms with E-state index >= 15 is 0 Å². The third kappa shape index (κ3) is 3.51. The van der Waals surface area contributed by atoms with Gasteiger partial charge in [-0.3, -0.25) is 0 Å². The van der Waals surface area contributed by atoms with E-state index in [1.165, 1.54) is 0 Å². The Kier molecular flexibility index (Phi) is 6.94. The van der Waals surface area contributed by atoms with Gasteiger partial charge in [0.25, 0.3) is 0 Å². The summed E-state index contributed by atoms with van der Waals surface area (Å²) in [7, 11) is -0.268. The van der Waals surface area contributed by atoms with Crippen molar-refractivity contribution in [3.8, 4) is 5.75 Å². The van der Waals surface area contributed by atoms with Crippen molar-refractivity contribution in [1.82, 2.24) is 0 Å². The number of methoxy groups -OCH3 is 1. The maximum atomic E-state index is 5.38. The van der Waals surface area contributed by atoms with Crippen LogP contribution in [-0.2, 0) is 0 Å². The number of benzene rings is 1. The summed E-state index contributed by atoms with van der Waals surface area (Å²) in [6.45, 7) is 19.8. The predicted octanol–water partition coefficient (Wildman–Crippen LogP) is 5.56. The smallest absolute Gasteiger partial charge is 0.118 e. The molecule has 0 aliphatic rings. The minimum absolute atomic E-state index is 0.449. The van der Waals surface area contributed by atoms with Gasteiger partial charge in [0.15, 0.2) is 0 Å². The summed E-state index contributed by atoms with van der Waals surface area (Å²) < 4.78 is 5.38. The van der Waals surface area contributed by atoms with Crippen LogP contribution in [0.5, 0.6) is 5.75 Å². The number of ether oxygens (including phenoxy) is 1. The van der Waals surface area contributed by atoms with Crippen molar-refractivity contribution in [3.05, 3.63) is 24.3 Å². The van der Waals surface area contributed by atoms with Crippen molar-refractivity contribution in [2.24, 2.45) is 0 Å². The average Bonchev–Trinajstić information content (AvgIpc) is 2.43. The molecule has 1 rings (SSSR count). The van der Waals surface area contributed by atoms with Crippen LogP contribution in [0.3, 0.4) is 0 Å². The van der Waals surface area contributed by atoms with E-state index < -0.39 is 15.9 Å². The molecule has 0 heterocycles. The Hall–Kier alpha value is -0.546. The van der Waals surface area contributed by atoms with Gasteiger partial charge in [-0.15, -0.1) is 0 Å². The molecule has 0 bridgehead atoms. The van der Waals surface area contributed by atoms with Crippen LogP contribution < -0.4 is 9.92 Å². The molecule has 1 nitrogen and oxygen atoms in total. The molecule has 0 saturated heterocycles. The molecule has 0 N–H and O–H groups in total. The van der Waals surface area contributed by atoms with Crippen LogP contribution in [0.15, 0.2) is 24.3 Å².